The van der Waals surface area contributed by atoms with Crippen molar-refractivity contribution in [3.8, 4) is 5.75 Å². The van der Waals surface area contributed by atoms with Gasteiger partial charge in [0.2, 0.25) is 0 Å². The Hall–Kier alpha value is -0.580. The van der Waals surface area contributed by atoms with Crippen LogP contribution in [0, 0.1) is 0 Å². The Morgan fingerprint density at radius 3 is 2.53 bits per heavy atom. The summed E-state index contributed by atoms with van der Waals surface area (Å²) in [6, 6.07) is 5.78. The fourth-order valence-corrected chi connectivity index (χ4v) is 2.22. The third kappa shape index (κ3) is 3.69. The Kier molecular flexibility index (Phi) is 4.98. The van der Waals surface area contributed by atoms with Gasteiger partial charge in [0.05, 0.1) is 23.3 Å². The molecule has 0 amide bonds. The molecule has 0 aliphatic rings. The molecule has 3 nitrogen and oxygen atoms in total. The van der Waals surface area contributed by atoms with Crippen molar-refractivity contribution in [2.45, 2.75) is 32.0 Å². The second-order valence-corrected chi connectivity index (χ2v) is 5.24. The van der Waals surface area contributed by atoms with Gasteiger partial charge in [0.15, 0.2) is 0 Å². The van der Waals surface area contributed by atoms with E-state index < -0.39 is 5.60 Å². The van der Waals surface area contributed by atoms with Crippen LogP contribution in [0.5, 0.6) is 5.75 Å². The highest BCUT2D eigenvalue weighted by molar-refractivity contribution is 9.10. The van der Waals surface area contributed by atoms with E-state index in [-0.39, 0.29) is 6.10 Å². The minimum atomic E-state index is -0.886. The van der Waals surface area contributed by atoms with Crippen LogP contribution >= 0.6 is 15.9 Å². The van der Waals surface area contributed by atoms with Crippen LogP contribution < -0.4 is 4.74 Å². The topological polar surface area (TPSA) is 38.7 Å². The fraction of sp³-hybridized carbons (Fsp3) is 0.538. The summed E-state index contributed by atoms with van der Waals surface area (Å²) in [4.78, 5) is 0. The van der Waals surface area contributed by atoms with E-state index in [2.05, 4.69) is 15.9 Å². The van der Waals surface area contributed by atoms with Gasteiger partial charge >= 0.3 is 0 Å². The first-order valence-electron chi connectivity index (χ1n) is 5.48. The van der Waals surface area contributed by atoms with E-state index in [9.17, 15) is 5.11 Å². The molecule has 2 atom stereocenters. The van der Waals surface area contributed by atoms with Crippen LogP contribution in [-0.4, -0.2) is 31.0 Å². The zero-order valence-electron chi connectivity index (χ0n) is 10.7. The van der Waals surface area contributed by atoms with Gasteiger partial charge in [-0.3, -0.25) is 0 Å². The first-order valence-corrected chi connectivity index (χ1v) is 6.27. The van der Waals surface area contributed by atoms with E-state index >= 15 is 0 Å². The third-order valence-electron chi connectivity index (χ3n) is 3.01. The van der Waals surface area contributed by atoms with E-state index in [0.717, 1.165) is 15.8 Å². The van der Waals surface area contributed by atoms with Crippen molar-refractivity contribution in [1.29, 1.82) is 0 Å². The molecular weight excluding hydrogens is 284 g/mol. The molecule has 0 bridgehead atoms. The van der Waals surface area contributed by atoms with Crippen molar-refractivity contribution >= 4 is 15.9 Å². The number of aliphatic hydroxyl groups is 1. The van der Waals surface area contributed by atoms with Gasteiger partial charge in [-0.1, -0.05) is 6.07 Å². The van der Waals surface area contributed by atoms with Crippen molar-refractivity contribution in [1.82, 2.24) is 0 Å². The molecule has 1 rings (SSSR count). The van der Waals surface area contributed by atoms with Crippen molar-refractivity contribution in [3.05, 3.63) is 28.2 Å². The highest BCUT2D eigenvalue weighted by Crippen LogP contribution is 2.28. The predicted octanol–water partition coefficient (Wildman–Crippen LogP) is 2.79. The summed E-state index contributed by atoms with van der Waals surface area (Å²) in [5, 5.41) is 10.3. The number of halogens is 1. The van der Waals surface area contributed by atoms with Crippen LogP contribution in [0.2, 0.25) is 0 Å². The monoisotopic (exact) mass is 302 g/mol. The van der Waals surface area contributed by atoms with Crippen molar-refractivity contribution < 1.29 is 14.6 Å². The van der Waals surface area contributed by atoms with Gasteiger partial charge in [-0.25, -0.2) is 0 Å². The molecular formula is C13H19BrO3. The molecule has 17 heavy (non-hydrogen) atoms. The largest absolute Gasteiger partial charge is 0.496 e. The highest BCUT2D eigenvalue weighted by atomic mass is 79.9. The molecule has 2 unspecified atom stereocenters. The summed E-state index contributed by atoms with van der Waals surface area (Å²) in [5.41, 5.74) is 0.148. The standard InChI is InChI=1S/C13H19BrO3/c1-9(16-3)13(2,15)8-10-5-6-12(17-4)11(14)7-10/h5-7,9,15H,8H2,1-4H3. The van der Waals surface area contributed by atoms with Crippen LogP contribution in [0.25, 0.3) is 0 Å². The molecule has 1 N–H and O–H groups in total. The fourth-order valence-electron chi connectivity index (χ4n) is 1.63. The molecule has 0 aliphatic carbocycles. The number of rotatable bonds is 5. The number of ether oxygens (including phenoxy) is 2. The van der Waals surface area contributed by atoms with Crippen molar-refractivity contribution in [3.63, 3.8) is 0 Å². The van der Waals surface area contributed by atoms with Crippen LogP contribution in [-0.2, 0) is 11.2 Å². The molecule has 0 spiro atoms. The van der Waals surface area contributed by atoms with Crippen molar-refractivity contribution in [2.24, 2.45) is 0 Å². The van der Waals surface area contributed by atoms with Crippen molar-refractivity contribution in [2.75, 3.05) is 14.2 Å². The molecule has 96 valence electrons. The van der Waals surface area contributed by atoms with Crippen LogP contribution in [0.15, 0.2) is 22.7 Å². The average Bonchev–Trinajstić information content (AvgIpc) is 2.27. The van der Waals surface area contributed by atoms with Gasteiger partial charge in [0.25, 0.3) is 0 Å². The zero-order chi connectivity index (χ0) is 13.1. The maximum atomic E-state index is 10.3. The number of hydrogen-bond donors (Lipinski definition) is 1. The van der Waals surface area contributed by atoms with E-state index in [0.29, 0.717) is 6.42 Å². The smallest absolute Gasteiger partial charge is 0.133 e. The second-order valence-electron chi connectivity index (χ2n) is 4.38. The summed E-state index contributed by atoms with van der Waals surface area (Å²) in [6.07, 6.45) is 0.313. The maximum Gasteiger partial charge on any atom is 0.133 e. The number of benzene rings is 1. The molecule has 0 aliphatic heterocycles. The molecule has 0 radical (unpaired) electrons. The van der Waals surface area contributed by atoms with Crippen LogP contribution in [0.4, 0.5) is 0 Å². The molecule has 0 aromatic heterocycles. The maximum absolute atomic E-state index is 10.3. The van der Waals surface area contributed by atoms with Gasteiger partial charge in [-0.05, 0) is 47.5 Å². The molecule has 1 aromatic carbocycles. The molecule has 0 saturated heterocycles. The number of methoxy groups -OCH3 is 2. The summed E-state index contributed by atoms with van der Waals surface area (Å²) < 4.78 is 11.2. The first kappa shape index (κ1) is 14.5. The summed E-state index contributed by atoms with van der Waals surface area (Å²) in [6.45, 7) is 3.64. The minimum absolute atomic E-state index is 0.219. The van der Waals surface area contributed by atoms with Gasteiger partial charge in [0, 0.05) is 13.5 Å². The Morgan fingerprint density at radius 1 is 1.41 bits per heavy atom. The lowest BCUT2D eigenvalue weighted by Gasteiger charge is -2.29. The SMILES string of the molecule is COc1ccc(CC(C)(O)C(C)OC)cc1Br. The third-order valence-corrected chi connectivity index (χ3v) is 3.63. The average molecular weight is 303 g/mol. The predicted molar refractivity (Wildman–Crippen MR) is 71.5 cm³/mol. The van der Waals surface area contributed by atoms with Gasteiger partial charge < -0.3 is 14.6 Å². The first-order chi connectivity index (χ1) is 7.90. The summed E-state index contributed by atoms with van der Waals surface area (Å²) >= 11 is 3.43. The molecule has 1 aromatic rings. The zero-order valence-corrected chi connectivity index (χ0v) is 12.2. The Bertz CT molecular complexity index is 377. The minimum Gasteiger partial charge on any atom is -0.496 e. The quantitative estimate of drug-likeness (QED) is 0.909. The second kappa shape index (κ2) is 5.85. The lowest BCUT2D eigenvalue weighted by Crippen LogP contribution is -2.40. The Balaban J connectivity index is 2.85. The Labute approximate surface area is 111 Å². The number of hydrogen-bond acceptors (Lipinski definition) is 3. The van der Waals surface area contributed by atoms with Gasteiger partial charge in [-0.15, -0.1) is 0 Å². The summed E-state index contributed by atoms with van der Waals surface area (Å²) in [5.74, 6) is 0.785. The lowest BCUT2D eigenvalue weighted by molar-refractivity contribution is -0.0715. The van der Waals surface area contributed by atoms with E-state index in [1.165, 1.54) is 0 Å². The van der Waals surface area contributed by atoms with Gasteiger partial charge in [-0.2, -0.15) is 0 Å². The Morgan fingerprint density at radius 2 is 2.06 bits per heavy atom. The summed E-state index contributed by atoms with van der Waals surface area (Å²) in [7, 11) is 3.23. The van der Waals surface area contributed by atoms with Crippen LogP contribution in [0.1, 0.15) is 19.4 Å². The van der Waals surface area contributed by atoms with E-state index in [1.54, 1.807) is 21.1 Å². The van der Waals surface area contributed by atoms with E-state index in [1.807, 2.05) is 25.1 Å². The normalized spacial score (nSPS) is 16.4. The molecule has 0 saturated carbocycles. The van der Waals surface area contributed by atoms with Gasteiger partial charge in [0.1, 0.15) is 5.75 Å². The van der Waals surface area contributed by atoms with E-state index in [4.69, 9.17) is 9.47 Å². The molecule has 4 heteroatoms. The lowest BCUT2D eigenvalue weighted by atomic mass is 9.92. The molecule has 0 fully saturated rings. The molecule has 0 heterocycles. The van der Waals surface area contributed by atoms with Crippen LogP contribution in [0.3, 0.4) is 0 Å². The highest BCUT2D eigenvalue weighted by Gasteiger charge is 2.28.